The predicted octanol–water partition coefficient (Wildman–Crippen LogP) is 3.01. The first-order valence-corrected chi connectivity index (χ1v) is 7.17. The number of ether oxygens (including phenoxy) is 1. The Morgan fingerprint density at radius 2 is 1.95 bits per heavy atom. The molecule has 0 unspecified atom stereocenters. The van der Waals surface area contributed by atoms with Crippen molar-refractivity contribution in [2.75, 3.05) is 7.11 Å². The monoisotopic (exact) mass is 369 g/mol. The van der Waals surface area contributed by atoms with Crippen molar-refractivity contribution in [1.82, 2.24) is 4.57 Å². The lowest BCUT2D eigenvalue weighted by atomic mass is 10.1. The first-order chi connectivity index (χ1) is 9.10. The molecule has 1 heterocycles. The van der Waals surface area contributed by atoms with E-state index in [2.05, 4.69) is 22.6 Å². The lowest BCUT2D eigenvalue weighted by molar-refractivity contribution is 0.414. The van der Waals surface area contributed by atoms with Gasteiger partial charge in [0.05, 0.1) is 7.11 Å². The molecule has 4 heteroatoms. The summed E-state index contributed by atoms with van der Waals surface area (Å²) < 4.78 is 8.00. The molecule has 2 rings (SSSR count). The smallest absolute Gasteiger partial charge is 0.250 e. The molecular formula is C15H16INO2. The van der Waals surface area contributed by atoms with E-state index in [1.54, 1.807) is 17.7 Å². The summed E-state index contributed by atoms with van der Waals surface area (Å²) in [5.41, 5.74) is 2.29. The summed E-state index contributed by atoms with van der Waals surface area (Å²) in [6.45, 7) is 2.65. The van der Waals surface area contributed by atoms with Gasteiger partial charge in [-0.25, -0.2) is 0 Å². The fraction of sp³-hybridized carbons (Fsp3) is 0.267. The van der Waals surface area contributed by atoms with Gasteiger partial charge < -0.3 is 9.30 Å². The lowest BCUT2D eigenvalue weighted by Gasteiger charge is -2.08. The van der Waals surface area contributed by atoms with Crippen LogP contribution in [0.5, 0.6) is 5.75 Å². The maximum absolute atomic E-state index is 11.9. The van der Waals surface area contributed by atoms with E-state index < -0.39 is 0 Å². The Bertz CT molecular complexity index is 617. The van der Waals surface area contributed by atoms with Crippen molar-refractivity contribution in [3.8, 4) is 5.75 Å². The van der Waals surface area contributed by atoms with Gasteiger partial charge in [0.2, 0.25) is 0 Å². The number of aryl methyl sites for hydroxylation is 3. The minimum Gasteiger partial charge on any atom is -0.497 e. The van der Waals surface area contributed by atoms with Gasteiger partial charge in [-0.3, -0.25) is 4.79 Å². The van der Waals surface area contributed by atoms with Crippen LogP contribution in [0, 0.1) is 10.5 Å². The van der Waals surface area contributed by atoms with E-state index in [9.17, 15) is 4.79 Å². The van der Waals surface area contributed by atoms with Crippen LogP contribution in [0.4, 0.5) is 0 Å². The van der Waals surface area contributed by atoms with E-state index in [1.807, 2.05) is 37.4 Å². The Kier molecular flexibility index (Phi) is 4.63. The number of nitrogens with zero attached hydrogens (tertiary/aromatic N) is 1. The highest BCUT2D eigenvalue weighted by molar-refractivity contribution is 14.1. The zero-order valence-corrected chi connectivity index (χ0v) is 13.2. The summed E-state index contributed by atoms with van der Waals surface area (Å²) in [6, 6.07) is 9.63. The normalized spacial score (nSPS) is 10.5. The number of halogens is 1. The molecule has 0 radical (unpaired) electrons. The van der Waals surface area contributed by atoms with E-state index in [1.165, 1.54) is 5.56 Å². The number of hydrogen-bond acceptors (Lipinski definition) is 2. The quantitative estimate of drug-likeness (QED) is 0.776. The van der Waals surface area contributed by atoms with Gasteiger partial charge in [-0.05, 0) is 59.2 Å². The number of rotatable bonds is 4. The van der Waals surface area contributed by atoms with Crippen molar-refractivity contribution < 1.29 is 4.74 Å². The van der Waals surface area contributed by atoms with E-state index >= 15 is 0 Å². The first-order valence-electron chi connectivity index (χ1n) is 6.09. The average molecular weight is 369 g/mol. The summed E-state index contributed by atoms with van der Waals surface area (Å²) in [4.78, 5) is 11.9. The number of methoxy groups -OCH3 is 1. The topological polar surface area (TPSA) is 31.2 Å². The molecule has 0 saturated carbocycles. The van der Waals surface area contributed by atoms with Crippen LogP contribution < -0.4 is 10.3 Å². The zero-order valence-electron chi connectivity index (χ0n) is 11.0. The second kappa shape index (κ2) is 6.23. The Balaban J connectivity index is 2.09. The van der Waals surface area contributed by atoms with Gasteiger partial charge in [0.25, 0.3) is 5.56 Å². The average Bonchev–Trinajstić information content (AvgIpc) is 2.42. The van der Waals surface area contributed by atoms with Crippen molar-refractivity contribution >= 4 is 22.6 Å². The molecule has 0 atom stereocenters. The molecule has 2 aromatic rings. The molecule has 0 fully saturated rings. The number of benzene rings is 1. The van der Waals surface area contributed by atoms with Crippen LogP contribution in [0.15, 0.2) is 41.3 Å². The van der Waals surface area contributed by atoms with Crippen LogP contribution in [-0.2, 0) is 13.0 Å². The molecule has 1 aromatic carbocycles. The molecule has 0 aliphatic heterocycles. The summed E-state index contributed by atoms with van der Waals surface area (Å²) in [6.07, 6.45) is 2.75. The molecule has 0 amide bonds. The Morgan fingerprint density at radius 3 is 2.58 bits per heavy atom. The van der Waals surface area contributed by atoms with Crippen molar-refractivity contribution in [2.24, 2.45) is 0 Å². The van der Waals surface area contributed by atoms with Crippen LogP contribution in [0.25, 0.3) is 0 Å². The second-order valence-corrected chi connectivity index (χ2v) is 5.60. The minimum absolute atomic E-state index is 0.0615. The first kappa shape index (κ1) is 14.1. The summed E-state index contributed by atoms with van der Waals surface area (Å²) in [5.74, 6) is 0.853. The van der Waals surface area contributed by atoms with E-state index in [0.717, 1.165) is 21.3 Å². The van der Waals surface area contributed by atoms with Crippen LogP contribution in [0.2, 0.25) is 0 Å². The third kappa shape index (κ3) is 3.59. The highest BCUT2D eigenvalue weighted by Crippen LogP contribution is 2.12. The molecule has 0 aliphatic rings. The maximum atomic E-state index is 11.9. The molecule has 100 valence electrons. The van der Waals surface area contributed by atoms with Crippen molar-refractivity contribution in [3.63, 3.8) is 0 Å². The molecule has 0 saturated heterocycles. The van der Waals surface area contributed by atoms with Crippen LogP contribution >= 0.6 is 22.6 Å². The van der Waals surface area contributed by atoms with E-state index in [-0.39, 0.29) is 5.56 Å². The highest BCUT2D eigenvalue weighted by atomic mass is 127. The van der Waals surface area contributed by atoms with Crippen molar-refractivity contribution in [2.45, 2.75) is 19.9 Å². The lowest BCUT2D eigenvalue weighted by Crippen LogP contribution is -2.20. The van der Waals surface area contributed by atoms with E-state index in [4.69, 9.17) is 4.74 Å². The third-order valence-electron chi connectivity index (χ3n) is 3.07. The largest absolute Gasteiger partial charge is 0.497 e. The maximum Gasteiger partial charge on any atom is 0.250 e. The zero-order chi connectivity index (χ0) is 13.8. The predicted molar refractivity (Wildman–Crippen MR) is 84.9 cm³/mol. The molecule has 1 aromatic heterocycles. The fourth-order valence-corrected chi connectivity index (χ4v) is 2.35. The molecular weight excluding hydrogens is 353 g/mol. The molecule has 0 N–H and O–H groups in total. The summed E-state index contributed by atoms with van der Waals surface area (Å²) in [7, 11) is 1.66. The highest BCUT2D eigenvalue weighted by Gasteiger charge is 2.02. The minimum atomic E-state index is 0.0615. The van der Waals surface area contributed by atoms with Gasteiger partial charge in [-0.2, -0.15) is 0 Å². The summed E-state index contributed by atoms with van der Waals surface area (Å²) in [5, 5.41) is 0. The van der Waals surface area contributed by atoms with Crippen molar-refractivity contribution in [1.29, 1.82) is 0 Å². The second-order valence-electron chi connectivity index (χ2n) is 4.43. The standard InChI is InChI=1S/C15H16INO2/c1-11-9-15(18)17(10-14(11)16)8-7-12-3-5-13(19-2)6-4-12/h3-6,9-10H,7-8H2,1-2H3. The molecule has 0 spiro atoms. The third-order valence-corrected chi connectivity index (χ3v) is 4.20. The summed E-state index contributed by atoms with van der Waals surface area (Å²) >= 11 is 2.25. The van der Waals surface area contributed by atoms with Crippen LogP contribution in [0.1, 0.15) is 11.1 Å². The Morgan fingerprint density at radius 1 is 1.26 bits per heavy atom. The van der Waals surface area contributed by atoms with Gasteiger partial charge in [0.15, 0.2) is 0 Å². The fourth-order valence-electron chi connectivity index (χ4n) is 1.86. The number of aromatic nitrogens is 1. The van der Waals surface area contributed by atoms with Gasteiger partial charge in [-0.15, -0.1) is 0 Å². The molecule has 3 nitrogen and oxygen atoms in total. The Labute approximate surface area is 126 Å². The molecule has 19 heavy (non-hydrogen) atoms. The van der Waals surface area contributed by atoms with Gasteiger partial charge in [-0.1, -0.05) is 12.1 Å². The van der Waals surface area contributed by atoms with E-state index in [0.29, 0.717) is 6.54 Å². The SMILES string of the molecule is COc1ccc(CCn2cc(I)c(C)cc2=O)cc1. The van der Waals surface area contributed by atoms with Crippen molar-refractivity contribution in [3.05, 3.63) is 61.6 Å². The van der Waals surface area contributed by atoms with Gasteiger partial charge >= 0.3 is 0 Å². The molecule has 0 aliphatic carbocycles. The van der Waals surface area contributed by atoms with Gasteiger partial charge in [0, 0.05) is 22.4 Å². The number of hydrogen-bond donors (Lipinski definition) is 0. The van der Waals surface area contributed by atoms with Crippen LogP contribution in [-0.4, -0.2) is 11.7 Å². The van der Waals surface area contributed by atoms with Crippen LogP contribution in [0.3, 0.4) is 0 Å². The number of pyridine rings is 1. The van der Waals surface area contributed by atoms with Gasteiger partial charge in [0.1, 0.15) is 5.75 Å². The Hall–Kier alpha value is -1.30. The molecule has 0 bridgehead atoms.